The molecule has 0 saturated carbocycles. The lowest BCUT2D eigenvalue weighted by molar-refractivity contribution is -0.153. The highest BCUT2D eigenvalue weighted by Gasteiger charge is 2.29. The van der Waals surface area contributed by atoms with Crippen LogP contribution in [0.2, 0.25) is 0 Å². The van der Waals surface area contributed by atoms with Crippen molar-refractivity contribution in [3.05, 3.63) is 0 Å². The summed E-state index contributed by atoms with van der Waals surface area (Å²) in [4.78, 5) is 40.3. The van der Waals surface area contributed by atoms with Gasteiger partial charge >= 0.3 is 20.2 Å². The van der Waals surface area contributed by atoms with Crippen molar-refractivity contribution in [3.63, 3.8) is 0 Å². The first kappa shape index (κ1) is 17.1. The van der Waals surface area contributed by atoms with E-state index in [4.69, 9.17) is 0 Å². The van der Waals surface area contributed by atoms with Crippen LogP contribution in [-0.2, 0) is 48.0 Å². The van der Waals surface area contributed by atoms with Crippen LogP contribution in [0.4, 0.5) is 0 Å². The smallest absolute Gasteiger partial charge is 0.276 e. The van der Waals surface area contributed by atoms with Crippen molar-refractivity contribution < 1.29 is 44.6 Å². The lowest BCUT2D eigenvalue weighted by Crippen LogP contribution is -2.32. The van der Waals surface area contributed by atoms with Crippen molar-refractivity contribution in [1.29, 1.82) is 0 Å². The number of rotatable bonds is 10. The van der Waals surface area contributed by atoms with E-state index in [-0.39, 0.29) is 35.8 Å². The zero-order valence-electron chi connectivity index (χ0n) is 8.81. The molecule has 19 heavy (non-hydrogen) atoms. The molecule has 12 nitrogen and oxygen atoms in total. The van der Waals surface area contributed by atoms with Crippen molar-refractivity contribution in [2.45, 2.75) is 0 Å². The van der Waals surface area contributed by atoms with Crippen LogP contribution in [0.3, 0.4) is 0 Å². The second-order valence-electron chi connectivity index (χ2n) is 2.52. The number of carbonyl (C=O) groups excluding carboxylic acids is 4. The first-order valence-electron chi connectivity index (χ1n) is 3.92. The predicted molar refractivity (Wildman–Crippen MR) is 52.8 cm³/mol. The molecule has 0 N–H and O–H groups in total. The minimum Gasteiger partial charge on any atom is -0.276 e. The van der Waals surface area contributed by atoms with E-state index in [0.717, 1.165) is 0 Å². The Balaban J connectivity index is 4.91. The number of hydrogen-bond donors (Lipinski definition) is 0. The fourth-order valence-electron chi connectivity index (χ4n) is 0.602. The fourth-order valence-corrected chi connectivity index (χ4v) is 3.03. The highest BCUT2D eigenvalue weighted by Crippen LogP contribution is 2.04. The molecule has 0 saturated heterocycles. The minimum absolute atomic E-state index is 0.346. The number of hydrogen-bond acceptors (Lipinski definition) is 10. The zero-order chi connectivity index (χ0) is 15.1. The molecule has 0 aliphatic heterocycles. The van der Waals surface area contributed by atoms with Gasteiger partial charge in [0.15, 0.2) is 0 Å². The molecule has 0 aliphatic carbocycles. The first-order valence-corrected chi connectivity index (χ1v) is 7.07. The van der Waals surface area contributed by atoms with Gasteiger partial charge in [0.25, 0.3) is 0 Å². The molecule has 0 aromatic heterocycles. The maximum atomic E-state index is 11.1. The largest absolute Gasteiger partial charge is 0.305 e. The minimum atomic E-state index is -4.93. The fraction of sp³-hybridized carbons (Fsp3) is 0.200. The van der Waals surface area contributed by atoms with Gasteiger partial charge in [0.1, 0.15) is 0 Å². The number of hydroxylamine groups is 4. The van der Waals surface area contributed by atoms with E-state index in [1.165, 1.54) is 0 Å². The Bertz CT molecular complexity index is 484. The molecular weight excluding hydrogens is 312 g/mol. The predicted octanol–water partition coefficient (Wildman–Crippen LogP) is -3.30. The van der Waals surface area contributed by atoms with Gasteiger partial charge in [-0.25, -0.2) is 0 Å². The van der Waals surface area contributed by atoms with Crippen LogP contribution in [0.25, 0.3) is 0 Å². The van der Waals surface area contributed by atoms with E-state index < -0.39 is 25.3 Å². The Morgan fingerprint density at radius 1 is 0.684 bits per heavy atom. The summed E-state index contributed by atoms with van der Waals surface area (Å²) in [6.07, 6.45) is -1.38. The van der Waals surface area contributed by atoms with E-state index >= 15 is 0 Å². The molecule has 0 bridgehead atoms. The van der Waals surface area contributed by atoms with Crippen LogP contribution in [0, 0.1) is 0 Å². The van der Waals surface area contributed by atoms with E-state index in [2.05, 4.69) is 8.57 Å². The van der Waals surface area contributed by atoms with Gasteiger partial charge in [-0.15, -0.1) is 18.7 Å². The summed E-state index contributed by atoms with van der Waals surface area (Å²) >= 11 is 0. The van der Waals surface area contributed by atoms with Crippen molar-refractivity contribution in [2.75, 3.05) is 5.08 Å². The highest BCUT2D eigenvalue weighted by atomic mass is 32.3. The molecule has 14 heteroatoms. The Labute approximate surface area is 106 Å². The third-order valence-electron chi connectivity index (χ3n) is 1.10. The second-order valence-corrected chi connectivity index (χ2v) is 6.00. The van der Waals surface area contributed by atoms with Gasteiger partial charge in [0, 0.05) is 0 Å². The van der Waals surface area contributed by atoms with Crippen molar-refractivity contribution in [2.24, 2.45) is 0 Å². The van der Waals surface area contributed by atoms with Crippen molar-refractivity contribution in [3.8, 4) is 0 Å². The van der Waals surface area contributed by atoms with Gasteiger partial charge in [0.05, 0.1) is 0 Å². The molecule has 0 aliphatic rings. The average Bonchev–Trinajstić information content (AvgIpc) is 2.31. The number of imide groups is 2. The molecular formula is C5H6N2O10S2. The molecule has 4 amide bonds. The van der Waals surface area contributed by atoms with Crippen molar-refractivity contribution >= 4 is 45.9 Å². The summed E-state index contributed by atoms with van der Waals surface area (Å²) in [5.74, 6) is 0. The molecule has 0 fully saturated rings. The molecule has 0 radical (unpaired) electrons. The highest BCUT2D eigenvalue weighted by molar-refractivity contribution is 8.03. The molecule has 0 rings (SSSR count). The van der Waals surface area contributed by atoms with Gasteiger partial charge in [-0.1, -0.05) is 0 Å². The van der Waals surface area contributed by atoms with Gasteiger partial charge in [-0.3, -0.25) is 19.2 Å². The van der Waals surface area contributed by atoms with Gasteiger partial charge < -0.3 is 0 Å². The lowest BCUT2D eigenvalue weighted by atomic mass is 11.2. The quantitative estimate of drug-likeness (QED) is 0.294. The first-order chi connectivity index (χ1) is 8.69. The maximum absolute atomic E-state index is 11.1. The van der Waals surface area contributed by atoms with Gasteiger partial charge in [-0.05, 0) is 0 Å². The van der Waals surface area contributed by atoms with E-state index in [1.54, 1.807) is 0 Å². The van der Waals surface area contributed by atoms with Crippen LogP contribution in [0.1, 0.15) is 0 Å². The number of carbonyl (C=O) groups is 4. The average molecular weight is 318 g/mol. The zero-order valence-corrected chi connectivity index (χ0v) is 10.4. The number of nitrogens with zero attached hydrogens (tertiary/aromatic N) is 2. The van der Waals surface area contributed by atoms with E-state index in [9.17, 15) is 36.0 Å². The van der Waals surface area contributed by atoms with Crippen LogP contribution >= 0.6 is 0 Å². The van der Waals surface area contributed by atoms with E-state index in [1.807, 2.05) is 0 Å². The summed E-state index contributed by atoms with van der Waals surface area (Å²) in [5, 5.41) is -2.57. The molecule has 0 heterocycles. The van der Waals surface area contributed by atoms with Gasteiger partial charge in [-0.2, -0.15) is 16.8 Å². The third-order valence-corrected chi connectivity index (χ3v) is 4.21. The topological polar surface area (TPSA) is 161 Å². The summed E-state index contributed by atoms with van der Waals surface area (Å²) in [7, 11) is -9.87. The summed E-state index contributed by atoms with van der Waals surface area (Å²) < 4.78 is 51.9. The van der Waals surface area contributed by atoms with Crippen LogP contribution in [0.5, 0.6) is 0 Å². The number of amides is 4. The Morgan fingerprint density at radius 3 is 1.16 bits per heavy atom. The Kier molecular flexibility index (Phi) is 6.19. The summed E-state index contributed by atoms with van der Waals surface area (Å²) in [6.45, 7) is 0. The van der Waals surface area contributed by atoms with Crippen molar-refractivity contribution in [1.82, 2.24) is 10.1 Å². The standard InChI is InChI=1S/C5H6N2O10S2/c8-1-6(2-9)16-18(12,13)5-19(14,15)17-7(3-10)4-11/h1-4H,5H2. The normalized spacial score (nSPS) is 11.4. The maximum Gasteiger partial charge on any atom is 0.305 e. The molecule has 0 aromatic rings. The molecule has 0 atom stereocenters. The SMILES string of the molecule is O=CN(C=O)OS(=O)(=O)CS(=O)(=O)ON(C=O)C=O. The molecule has 0 spiro atoms. The molecule has 0 aromatic carbocycles. The van der Waals surface area contributed by atoms with Crippen LogP contribution in [-0.4, -0.2) is 57.7 Å². The summed E-state index contributed by atoms with van der Waals surface area (Å²) in [5.41, 5.74) is 0. The van der Waals surface area contributed by atoms with Crippen LogP contribution in [0.15, 0.2) is 0 Å². The third kappa shape index (κ3) is 6.55. The monoisotopic (exact) mass is 318 g/mol. The lowest BCUT2D eigenvalue weighted by Gasteiger charge is -2.11. The Hall–Kier alpha value is -1.90. The molecule has 0 unspecified atom stereocenters. The second kappa shape index (κ2) is 6.88. The summed E-state index contributed by atoms with van der Waals surface area (Å²) in [6, 6.07) is 0. The Morgan fingerprint density at radius 2 is 0.947 bits per heavy atom. The van der Waals surface area contributed by atoms with Crippen LogP contribution < -0.4 is 0 Å². The van der Waals surface area contributed by atoms with Gasteiger partial charge in [0.2, 0.25) is 30.7 Å². The van der Waals surface area contributed by atoms with E-state index in [0.29, 0.717) is 0 Å². The molecule has 108 valence electrons.